The third-order valence-electron chi connectivity index (χ3n) is 6.88. The van der Waals surface area contributed by atoms with E-state index < -0.39 is 55.9 Å². The van der Waals surface area contributed by atoms with Crippen molar-refractivity contribution in [2.75, 3.05) is 6.67 Å². The molecule has 0 spiro atoms. The Bertz CT molecular complexity index is 1230. The lowest BCUT2D eigenvalue weighted by Gasteiger charge is -2.50. The summed E-state index contributed by atoms with van der Waals surface area (Å²) < 4.78 is 88.1. The number of benzene rings is 2. The lowest BCUT2D eigenvalue weighted by molar-refractivity contribution is -0.218. The van der Waals surface area contributed by atoms with Crippen LogP contribution < -0.4 is 5.32 Å². The Balaban J connectivity index is 2.23. The van der Waals surface area contributed by atoms with Crippen molar-refractivity contribution in [3.05, 3.63) is 60.2 Å². The molecule has 2 unspecified atom stereocenters. The van der Waals surface area contributed by atoms with E-state index in [-0.39, 0.29) is 6.42 Å². The number of halogens is 3. The summed E-state index contributed by atoms with van der Waals surface area (Å²) in [5.74, 6) is -5.25. The Kier molecular flexibility index (Phi) is 7.65. The first kappa shape index (κ1) is 28.5. The number of hydrogen-bond acceptors (Lipinski definition) is 6. The highest BCUT2D eigenvalue weighted by Crippen LogP contribution is 2.51. The smallest absolute Gasteiger partial charge is 0.334 e. The summed E-state index contributed by atoms with van der Waals surface area (Å²) in [5, 5.41) is -1.81. The van der Waals surface area contributed by atoms with Gasteiger partial charge in [-0.05, 0) is 43.9 Å². The van der Waals surface area contributed by atoms with E-state index in [0.717, 1.165) is 26.3 Å². The molecule has 198 valence electrons. The van der Waals surface area contributed by atoms with E-state index in [4.69, 9.17) is 4.74 Å². The van der Waals surface area contributed by atoms with Gasteiger partial charge in [0.25, 0.3) is 10.1 Å². The van der Waals surface area contributed by atoms with Crippen LogP contribution in [-0.2, 0) is 26.1 Å². The van der Waals surface area contributed by atoms with Crippen molar-refractivity contribution in [3.8, 4) is 11.1 Å². The quantitative estimate of drug-likeness (QED) is 0.265. The van der Waals surface area contributed by atoms with Crippen molar-refractivity contribution >= 4 is 28.7 Å². The minimum absolute atomic E-state index is 0.321. The minimum atomic E-state index is -5.35. The largest absolute Gasteiger partial charge is 0.451 e. The number of hydrogen-bond donors (Lipinski definition) is 3. The Morgan fingerprint density at radius 1 is 1.11 bits per heavy atom. The molecule has 1 aliphatic rings. The lowest BCUT2D eigenvalue weighted by Crippen LogP contribution is -2.74. The van der Waals surface area contributed by atoms with Crippen molar-refractivity contribution in [1.29, 1.82) is 0 Å². The fourth-order valence-corrected chi connectivity index (χ4v) is 7.24. The predicted octanol–water partition coefficient (Wildman–Crippen LogP) is 4.70. The van der Waals surface area contributed by atoms with Crippen molar-refractivity contribution in [2.24, 2.45) is 5.41 Å². The Labute approximate surface area is 214 Å². The van der Waals surface area contributed by atoms with Gasteiger partial charge in [0.1, 0.15) is 10.8 Å². The van der Waals surface area contributed by atoms with Crippen LogP contribution in [0.5, 0.6) is 0 Å². The number of thiol groups is 1. The molecule has 1 aliphatic heterocycles. The molecule has 2 aromatic rings. The van der Waals surface area contributed by atoms with Gasteiger partial charge in [-0.2, -0.15) is 8.42 Å². The number of alkyl halides is 3. The van der Waals surface area contributed by atoms with Crippen LogP contribution >= 0.6 is 12.6 Å². The number of esters is 1. The highest BCUT2D eigenvalue weighted by Gasteiger charge is 2.72. The van der Waals surface area contributed by atoms with Crippen LogP contribution in [0.2, 0.25) is 0 Å². The summed E-state index contributed by atoms with van der Waals surface area (Å²) in [4.78, 5) is 12.3. The highest BCUT2D eigenvalue weighted by atomic mass is 32.2. The van der Waals surface area contributed by atoms with Crippen LogP contribution in [0.25, 0.3) is 11.1 Å². The Hall–Kier alpha value is -2.08. The van der Waals surface area contributed by atoms with Gasteiger partial charge in [0.2, 0.25) is 0 Å². The van der Waals surface area contributed by atoms with Crippen molar-refractivity contribution < 1.29 is 35.7 Å². The molecule has 2 N–H and O–H groups in total. The third-order valence-corrected chi connectivity index (χ3v) is 8.86. The molecule has 0 amide bonds. The average molecular weight is 546 g/mol. The minimum Gasteiger partial charge on any atom is -0.451 e. The summed E-state index contributed by atoms with van der Waals surface area (Å²) in [7, 11) is -5.35. The van der Waals surface area contributed by atoms with E-state index in [1.165, 1.54) is 6.92 Å². The molecule has 1 fully saturated rings. The monoisotopic (exact) mass is 545 g/mol. The summed E-state index contributed by atoms with van der Waals surface area (Å²) in [6, 6.07) is 15.8. The molecule has 2 aromatic carbocycles. The number of ether oxygens (including phenoxy) is 1. The topological polar surface area (TPSA) is 92.7 Å². The van der Waals surface area contributed by atoms with Crippen molar-refractivity contribution in [1.82, 2.24) is 5.32 Å². The van der Waals surface area contributed by atoms with E-state index in [1.54, 1.807) is 36.4 Å². The van der Waals surface area contributed by atoms with Gasteiger partial charge in [0.15, 0.2) is 11.0 Å². The van der Waals surface area contributed by atoms with Crippen molar-refractivity contribution in [3.63, 3.8) is 0 Å². The van der Waals surface area contributed by atoms with Gasteiger partial charge in [-0.25, -0.2) is 13.6 Å². The van der Waals surface area contributed by atoms with Crippen LogP contribution in [-0.4, -0.2) is 53.3 Å². The van der Waals surface area contributed by atoms with E-state index >= 15 is 8.78 Å². The zero-order valence-electron chi connectivity index (χ0n) is 20.3. The molecule has 0 aliphatic carbocycles. The fraction of sp³-hybridized carbons (Fsp3) is 0.480. The summed E-state index contributed by atoms with van der Waals surface area (Å²) in [6.07, 6.45) is -0.321. The SMILES string of the molecule is CC(CF)(Cc1ccccc1-c1ccccc1)C([C@]1(C)N[C@H](S)C(=O)OC(C)(C)C1(F)F)S(=O)(=O)O. The molecule has 3 rings (SSSR count). The lowest BCUT2D eigenvalue weighted by atomic mass is 9.68. The fourth-order valence-electron chi connectivity index (χ4n) is 5.24. The first-order valence-corrected chi connectivity index (χ1v) is 13.2. The maximum Gasteiger partial charge on any atom is 0.334 e. The average Bonchev–Trinajstić information content (AvgIpc) is 2.82. The molecule has 1 saturated heterocycles. The first-order valence-electron chi connectivity index (χ1n) is 11.2. The van der Waals surface area contributed by atoms with Crippen LogP contribution in [0, 0.1) is 5.41 Å². The van der Waals surface area contributed by atoms with E-state index in [1.807, 2.05) is 18.2 Å². The van der Waals surface area contributed by atoms with Gasteiger partial charge >= 0.3 is 11.9 Å². The number of rotatable bonds is 7. The van der Waals surface area contributed by atoms with Gasteiger partial charge in [0, 0.05) is 5.41 Å². The van der Waals surface area contributed by atoms with Crippen molar-refractivity contribution in [2.45, 2.75) is 61.8 Å². The second kappa shape index (κ2) is 9.66. The number of nitrogens with one attached hydrogen (secondary N) is 1. The molecule has 6 nitrogen and oxygen atoms in total. The van der Waals surface area contributed by atoms with E-state index in [9.17, 15) is 22.2 Å². The molecular formula is C25H30F3NO5S2. The van der Waals surface area contributed by atoms with Crippen LogP contribution in [0.4, 0.5) is 13.2 Å². The standard InChI is InChI=1S/C25H30F3NO5S2/c1-22(2)25(27,28)24(4,29-19(35)20(30)34-22)21(36(31,32)33)23(3,15-26)14-17-12-8-9-13-18(17)16-10-6-5-7-11-16/h5-13,19,21,29,35H,14-15H2,1-4H3,(H,31,32,33)/t19-,21?,23?,24+/m1/s1. The number of cyclic esters (lactones) is 1. The molecule has 0 bridgehead atoms. The van der Waals surface area contributed by atoms with Gasteiger partial charge in [-0.1, -0.05) is 61.5 Å². The van der Waals surface area contributed by atoms with Crippen LogP contribution in [0.15, 0.2) is 54.6 Å². The van der Waals surface area contributed by atoms with E-state index in [0.29, 0.717) is 11.1 Å². The maximum atomic E-state index is 16.1. The van der Waals surface area contributed by atoms with Gasteiger partial charge in [0.05, 0.1) is 6.67 Å². The summed E-state index contributed by atoms with van der Waals surface area (Å²) in [6.45, 7) is 2.50. The normalized spacial score (nSPS) is 26.4. The summed E-state index contributed by atoms with van der Waals surface area (Å²) >= 11 is 3.98. The number of carbonyl (C=O) groups is 1. The third kappa shape index (κ3) is 4.90. The van der Waals surface area contributed by atoms with Crippen LogP contribution in [0.1, 0.15) is 33.3 Å². The molecule has 0 aromatic heterocycles. The maximum absolute atomic E-state index is 16.1. The van der Waals surface area contributed by atoms with Gasteiger partial charge < -0.3 is 4.74 Å². The summed E-state index contributed by atoms with van der Waals surface area (Å²) in [5.41, 5.74) is -5.54. The van der Waals surface area contributed by atoms with Gasteiger partial charge in [-0.3, -0.25) is 14.3 Å². The number of carbonyl (C=O) groups excluding carboxylic acids is 1. The second-order valence-corrected chi connectivity index (χ2v) is 12.2. The van der Waals surface area contributed by atoms with E-state index in [2.05, 4.69) is 17.9 Å². The van der Waals surface area contributed by atoms with Gasteiger partial charge in [-0.15, -0.1) is 12.6 Å². The molecule has 4 atom stereocenters. The highest BCUT2D eigenvalue weighted by molar-refractivity contribution is 7.86. The zero-order valence-corrected chi connectivity index (χ0v) is 22.0. The Morgan fingerprint density at radius 3 is 2.22 bits per heavy atom. The molecule has 1 heterocycles. The second-order valence-electron chi connectivity index (χ2n) is 10.1. The molecule has 0 saturated carbocycles. The Morgan fingerprint density at radius 2 is 1.67 bits per heavy atom. The zero-order chi connectivity index (χ0) is 27.2. The molecule has 11 heteroatoms. The molecule has 36 heavy (non-hydrogen) atoms. The predicted molar refractivity (Wildman–Crippen MR) is 134 cm³/mol. The molecule has 0 radical (unpaired) electrons. The molecular weight excluding hydrogens is 515 g/mol. The van der Waals surface area contributed by atoms with Crippen LogP contribution in [0.3, 0.4) is 0 Å². The first-order chi connectivity index (χ1) is 16.5.